The zero-order valence-corrected chi connectivity index (χ0v) is 16.8. The van der Waals surface area contributed by atoms with Gasteiger partial charge in [0.05, 0.1) is 10.3 Å². The number of amides is 1. The number of carbonyl (C=O) groups is 1. The van der Waals surface area contributed by atoms with Gasteiger partial charge in [-0.3, -0.25) is 9.36 Å². The van der Waals surface area contributed by atoms with E-state index >= 15 is 0 Å². The van der Waals surface area contributed by atoms with Gasteiger partial charge in [0.1, 0.15) is 0 Å². The highest BCUT2D eigenvalue weighted by molar-refractivity contribution is 8.00. The Morgan fingerprint density at radius 3 is 2.73 bits per heavy atom. The first-order valence-electron chi connectivity index (χ1n) is 8.46. The topological polar surface area (TPSA) is 51.0 Å². The van der Waals surface area contributed by atoms with Crippen LogP contribution in [0.2, 0.25) is 10.0 Å². The molecular formula is C18H20Cl2N4OS. The molecule has 1 amide bonds. The second kappa shape index (κ2) is 8.46. The average Bonchev–Trinajstić information content (AvgIpc) is 3.26. The van der Waals surface area contributed by atoms with E-state index in [1.807, 2.05) is 22.5 Å². The van der Waals surface area contributed by atoms with E-state index < -0.39 is 0 Å². The van der Waals surface area contributed by atoms with Crippen molar-refractivity contribution < 1.29 is 4.79 Å². The zero-order chi connectivity index (χ0) is 18.7. The lowest BCUT2D eigenvalue weighted by molar-refractivity contribution is -0.129. The Bertz CT molecular complexity index is 818. The van der Waals surface area contributed by atoms with Gasteiger partial charge >= 0.3 is 0 Å². The summed E-state index contributed by atoms with van der Waals surface area (Å²) in [6.07, 6.45) is 3.93. The van der Waals surface area contributed by atoms with Crippen molar-refractivity contribution in [3.63, 3.8) is 0 Å². The highest BCUT2D eigenvalue weighted by Crippen LogP contribution is 2.33. The number of hydrogen-bond acceptors (Lipinski definition) is 4. The first-order chi connectivity index (χ1) is 12.5. The minimum Gasteiger partial charge on any atom is -0.342 e. The van der Waals surface area contributed by atoms with Crippen LogP contribution in [0, 0.1) is 0 Å². The molecule has 1 atom stereocenters. The molecule has 0 spiro atoms. The number of aromatic nitrogens is 3. The number of thioether (sulfide) groups is 1. The summed E-state index contributed by atoms with van der Waals surface area (Å²) in [7, 11) is 0. The maximum absolute atomic E-state index is 12.6. The SMILES string of the molecule is C=CCn1c(S[C@@H](C)C(=O)N2CCCC2)nnc1-c1ccc(Cl)cc1Cl. The van der Waals surface area contributed by atoms with Gasteiger partial charge in [0, 0.05) is 30.2 Å². The van der Waals surface area contributed by atoms with E-state index in [-0.39, 0.29) is 11.2 Å². The lowest BCUT2D eigenvalue weighted by atomic mass is 10.2. The number of hydrogen-bond donors (Lipinski definition) is 0. The minimum absolute atomic E-state index is 0.145. The molecule has 1 fully saturated rings. The van der Waals surface area contributed by atoms with Crippen LogP contribution in [0.25, 0.3) is 11.4 Å². The molecule has 1 aromatic heterocycles. The molecule has 5 nitrogen and oxygen atoms in total. The Kier molecular flexibility index (Phi) is 6.27. The molecule has 26 heavy (non-hydrogen) atoms. The van der Waals surface area contributed by atoms with Crippen LogP contribution in [0.5, 0.6) is 0 Å². The minimum atomic E-state index is -0.227. The third kappa shape index (κ3) is 4.08. The van der Waals surface area contributed by atoms with Crippen molar-refractivity contribution in [3.8, 4) is 11.4 Å². The van der Waals surface area contributed by atoms with E-state index in [0.717, 1.165) is 31.5 Å². The molecule has 1 aliphatic rings. The van der Waals surface area contributed by atoms with E-state index in [1.165, 1.54) is 11.8 Å². The van der Waals surface area contributed by atoms with Crippen LogP contribution in [-0.2, 0) is 11.3 Å². The number of benzene rings is 1. The molecule has 1 aliphatic heterocycles. The van der Waals surface area contributed by atoms with Crippen LogP contribution in [-0.4, -0.2) is 43.9 Å². The molecule has 8 heteroatoms. The highest BCUT2D eigenvalue weighted by Gasteiger charge is 2.26. The predicted molar refractivity (Wildman–Crippen MR) is 107 cm³/mol. The molecule has 138 valence electrons. The largest absolute Gasteiger partial charge is 0.342 e. The van der Waals surface area contributed by atoms with Crippen LogP contribution < -0.4 is 0 Å². The van der Waals surface area contributed by atoms with E-state index in [1.54, 1.807) is 18.2 Å². The van der Waals surface area contributed by atoms with E-state index in [4.69, 9.17) is 23.2 Å². The average molecular weight is 411 g/mol. The van der Waals surface area contributed by atoms with Crippen molar-refractivity contribution in [1.29, 1.82) is 0 Å². The van der Waals surface area contributed by atoms with Gasteiger partial charge in [0.15, 0.2) is 11.0 Å². The molecule has 0 aliphatic carbocycles. The molecule has 1 aromatic carbocycles. The summed E-state index contributed by atoms with van der Waals surface area (Å²) in [5, 5.41) is 10.1. The van der Waals surface area contributed by atoms with Crippen molar-refractivity contribution >= 4 is 40.9 Å². The molecule has 0 unspecified atom stereocenters. The van der Waals surface area contributed by atoms with Gasteiger partial charge in [-0.1, -0.05) is 41.0 Å². The third-order valence-corrected chi connectivity index (χ3v) is 5.86. The fraction of sp³-hybridized carbons (Fsp3) is 0.389. The lowest BCUT2D eigenvalue weighted by Crippen LogP contribution is -2.34. The number of allylic oxidation sites excluding steroid dienone is 1. The van der Waals surface area contributed by atoms with Crippen LogP contribution in [0.1, 0.15) is 19.8 Å². The Morgan fingerprint density at radius 2 is 2.08 bits per heavy atom. The Hall–Kier alpha value is -1.50. The lowest BCUT2D eigenvalue weighted by Gasteiger charge is -2.19. The molecule has 0 radical (unpaired) electrons. The maximum atomic E-state index is 12.6. The molecule has 0 N–H and O–H groups in total. The fourth-order valence-corrected chi connectivity index (χ4v) is 4.38. The van der Waals surface area contributed by atoms with Crippen molar-refractivity contribution in [3.05, 3.63) is 40.9 Å². The van der Waals surface area contributed by atoms with Crippen LogP contribution >= 0.6 is 35.0 Å². The summed E-state index contributed by atoms with van der Waals surface area (Å²) in [5.41, 5.74) is 0.746. The first kappa shape index (κ1) is 19.3. The van der Waals surface area contributed by atoms with E-state index in [9.17, 15) is 4.79 Å². The highest BCUT2D eigenvalue weighted by atomic mass is 35.5. The molecular weight excluding hydrogens is 391 g/mol. The number of halogens is 2. The van der Waals surface area contributed by atoms with Gasteiger partial charge < -0.3 is 4.90 Å². The van der Waals surface area contributed by atoms with Gasteiger partial charge in [0.2, 0.25) is 5.91 Å². The Balaban J connectivity index is 1.87. The quantitative estimate of drug-likeness (QED) is 0.517. The van der Waals surface area contributed by atoms with Crippen LogP contribution in [0.4, 0.5) is 0 Å². The zero-order valence-electron chi connectivity index (χ0n) is 14.5. The Labute approximate surface area is 167 Å². The summed E-state index contributed by atoms with van der Waals surface area (Å²) in [4.78, 5) is 14.5. The van der Waals surface area contributed by atoms with Gasteiger partial charge in [-0.25, -0.2) is 0 Å². The second-order valence-corrected chi connectivity index (χ2v) is 8.27. The molecule has 1 saturated heterocycles. The number of likely N-dealkylation sites (tertiary alicyclic amines) is 1. The van der Waals surface area contributed by atoms with Gasteiger partial charge in [-0.2, -0.15) is 0 Å². The summed E-state index contributed by atoms with van der Waals surface area (Å²) < 4.78 is 1.92. The third-order valence-electron chi connectivity index (χ3n) is 4.25. The first-order valence-corrected chi connectivity index (χ1v) is 10.1. The molecule has 2 heterocycles. The molecule has 0 saturated carbocycles. The molecule has 3 rings (SSSR count). The van der Waals surface area contributed by atoms with E-state index in [0.29, 0.717) is 27.6 Å². The van der Waals surface area contributed by atoms with E-state index in [2.05, 4.69) is 16.8 Å². The number of nitrogens with zero attached hydrogens (tertiary/aromatic N) is 4. The summed E-state index contributed by atoms with van der Waals surface area (Å²) in [6, 6.07) is 5.27. The van der Waals surface area contributed by atoms with Crippen LogP contribution in [0.15, 0.2) is 36.0 Å². The van der Waals surface area contributed by atoms with Gasteiger partial charge in [-0.15, -0.1) is 16.8 Å². The van der Waals surface area contributed by atoms with Gasteiger partial charge in [-0.05, 0) is 38.0 Å². The molecule has 0 bridgehead atoms. The van der Waals surface area contributed by atoms with Gasteiger partial charge in [0.25, 0.3) is 0 Å². The Morgan fingerprint density at radius 1 is 1.35 bits per heavy atom. The number of carbonyl (C=O) groups excluding carboxylic acids is 1. The maximum Gasteiger partial charge on any atom is 0.235 e. The van der Waals surface area contributed by atoms with Crippen molar-refractivity contribution in [1.82, 2.24) is 19.7 Å². The normalized spacial score (nSPS) is 15.3. The summed E-state index contributed by atoms with van der Waals surface area (Å²) >= 11 is 13.7. The summed E-state index contributed by atoms with van der Waals surface area (Å²) in [5.74, 6) is 0.779. The van der Waals surface area contributed by atoms with Crippen molar-refractivity contribution in [2.75, 3.05) is 13.1 Å². The predicted octanol–water partition coefficient (Wildman–Crippen LogP) is 4.54. The second-order valence-electron chi connectivity index (χ2n) is 6.12. The smallest absolute Gasteiger partial charge is 0.235 e. The fourth-order valence-electron chi connectivity index (χ4n) is 2.94. The standard InChI is InChI=1S/C18H20Cl2N4OS/c1-3-8-24-16(14-7-6-13(19)11-15(14)20)21-22-18(24)26-12(2)17(25)23-9-4-5-10-23/h3,6-7,11-12H,1,4-5,8-10H2,2H3/t12-/m0/s1. The monoisotopic (exact) mass is 410 g/mol. The van der Waals surface area contributed by atoms with Crippen molar-refractivity contribution in [2.45, 2.75) is 36.7 Å². The number of rotatable bonds is 6. The van der Waals surface area contributed by atoms with Crippen LogP contribution in [0.3, 0.4) is 0 Å². The van der Waals surface area contributed by atoms with Crippen molar-refractivity contribution in [2.24, 2.45) is 0 Å². The summed E-state index contributed by atoms with van der Waals surface area (Å²) in [6.45, 7) is 7.93. The molecule has 2 aromatic rings.